The van der Waals surface area contributed by atoms with Crippen LogP contribution in [0.5, 0.6) is 0 Å². The quantitative estimate of drug-likeness (QED) is 0.669. The molecule has 1 aromatic heterocycles. The maximum absolute atomic E-state index is 11.5. The van der Waals surface area contributed by atoms with Crippen molar-refractivity contribution in [3.8, 4) is 0 Å². The van der Waals surface area contributed by atoms with E-state index in [1.807, 2.05) is 4.90 Å². The smallest absolute Gasteiger partial charge is 0.353 e. The lowest BCUT2D eigenvalue weighted by atomic mass is 9.92. The first-order chi connectivity index (χ1) is 11.5. The molecule has 3 rings (SSSR count). The first-order valence-electron chi connectivity index (χ1n) is 8.77. The number of aromatic nitrogens is 2. The molecule has 2 aliphatic heterocycles. The van der Waals surface area contributed by atoms with Crippen LogP contribution in [-0.2, 0) is 0 Å². The second kappa shape index (κ2) is 6.78. The van der Waals surface area contributed by atoms with Gasteiger partial charge >= 0.3 is 5.69 Å². The van der Waals surface area contributed by atoms with Gasteiger partial charge in [0.2, 0.25) is 17.6 Å². The summed E-state index contributed by atoms with van der Waals surface area (Å²) in [5, 5.41) is 11.5. The van der Waals surface area contributed by atoms with Crippen LogP contribution in [0.4, 0.5) is 23.3 Å². The lowest BCUT2D eigenvalue weighted by molar-refractivity contribution is -0.383. The van der Waals surface area contributed by atoms with E-state index in [9.17, 15) is 10.1 Å². The highest BCUT2D eigenvalue weighted by atomic mass is 16.6. The van der Waals surface area contributed by atoms with Gasteiger partial charge in [-0.05, 0) is 37.5 Å². The maximum atomic E-state index is 11.5. The zero-order valence-corrected chi connectivity index (χ0v) is 14.4. The number of nitrogen functional groups attached to an aromatic ring is 1. The summed E-state index contributed by atoms with van der Waals surface area (Å²) in [6, 6.07) is 0. The Labute approximate surface area is 142 Å². The molecule has 0 amide bonds. The van der Waals surface area contributed by atoms with Crippen molar-refractivity contribution in [1.29, 1.82) is 0 Å². The third-order valence-electron chi connectivity index (χ3n) is 4.87. The molecule has 2 aliphatic rings. The van der Waals surface area contributed by atoms with Crippen LogP contribution in [0.2, 0.25) is 0 Å². The molecule has 0 aromatic carbocycles. The number of rotatable bonds is 3. The Kier molecular flexibility index (Phi) is 4.73. The maximum Gasteiger partial charge on any atom is 0.353 e. The van der Waals surface area contributed by atoms with Crippen LogP contribution < -0.4 is 15.5 Å². The molecule has 1 aromatic rings. The number of nitro groups is 1. The average Bonchev–Trinajstić information content (AvgIpc) is 2.53. The van der Waals surface area contributed by atoms with E-state index in [0.717, 1.165) is 45.4 Å². The Morgan fingerprint density at radius 1 is 1.08 bits per heavy atom. The van der Waals surface area contributed by atoms with Gasteiger partial charge in [0.15, 0.2) is 0 Å². The van der Waals surface area contributed by atoms with Gasteiger partial charge in [-0.15, -0.1) is 0 Å². The summed E-state index contributed by atoms with van der Waals surface area (Å²) in [5.41, 5.74) is 5.80. The monoisotopic (exact) mass is 334 g/mol. The van der Waals surface area contributed by atoms with E-state index in [0.29, 0.717) is 23.6 Å². The molecule has 0 bridgehead atoms. The number of piperidine rings is 2. The van der Waals surface area contributed by atoms with Gasteiger partial charge in [-0.2, -0.15) is 9.97 Å². The van der Waals surface area contributed by atoms with Crippen molar-refractivity contribution >= 4 is 23.3 Å². The molecular weight excluding hydrogens is 308 g/mol. The van der Waals surface area contributed by atoms with Crippen LogP contribution in [0.3, 0.4) is 0 Å². The summed E-state index contributed by atoms with van der Waals surface area (Å²) in [6.45, 7) is 7.63. The molecule has 3 heterocycles. The molecule has 0 unspecified atom stereocenters. The minimum Gasteiger partial charge on any atom is -0.378 e. The van der Waals surface area contributed by atoms with Crippen molar-refractivity contribution in [3.05, 3.63) is 10.1 Å². The molecule has 0 radical (unpaired) electrons. The van der Waals surface area contributed by atoms with Gasteiger partial charge in [0.1, 0.15) is 0 Å². The highest BCUT2D eigenvalue weighted by Crippen LogP contribution is 2.36. The molecule has 2 fully saturated rings. The molecule has 8 nitrogen and oxygen atoms in total. The molecule has 2 N–H and O–H groups in total. The third kappa shape index (κ3) is 3.37. The Bertz CT molecular complexity index is 607. The van der Waals surface area contributed by atoms with Crippen LogP contribution in [0.25, 0.3) is 0 Å². The SMILES string of the molecule is C[C@H]1C[C@H](C)CN(c2nc(N3CCCCC3)nc(N)c2[N+](=O)[O-])C1. The first kappa shape index (κ1) is 16.7. The number of hydrogen-bond acceptors (Lipinski definition) is 7. The molecule has 8 heteroatoms. The van der Waals surface area contributed by atoms with Crippen LogP contribution in [0.15, 0.2) is 0 Å². The molecule has 2 atom stereocenters. The molecule has 132 valence electrons. The predicted octanol–water partition coefficient (Wildman–Crippen LogP) is 2.44. The van der Waals surface area contributed by atoms with Gasteiger partial charge in [0, 0.05) is 26.2 Å². The van der Waals surface area contributed by atoms with Crippen LogP contribution in [0, 0.1) is 22.0 Å². The molecule has 0 aliphatic carbocycles. The van der Waals surface area contributed by atoms with Crippen LogP contribution in [0.1, 0.15) is 39.5 Å². The van der Waals surface area contributed by atoms with Gasteiger partial charge in [-0.1, -0.05) is 13.8 Å². The fourth-order valence-corrected chi connectivity index (χ4v) is 3.91. The summed E-state index contributed by atoms with van der Waals surface area (Å²) in [7, 11) is 0. The highest BCUT2D eigenvalue weighted by Gasteiger charge is 2.32. The second-order valence-corrected chi connectivity index (χ2v) is 7.24. The summed E-state index contributed by atoms with van der Waals surface area (Å²) < 4.78 is 0. The fraction of sp³-hybridized carbons (Fsp3) is 0.750. The van der Waals surface area contributed by atoms with E-state index in [2.05, 4.69) is 28.7 Å². The zero-order valence-electron chi connectivity index (χ0n) is 14.4. The summed E-state index contributed by atoms with van der Waals surface area (Å²) in [4.78, 5) is 24.0. The van der Waals surface area contributed by atoms with E-state index < -0.39 is 4.92 Å². The number of hydrogen-bond donors (Lipinski definition) is 1. The van der Waals surface area contributed by atoms with E-state index in [1.54, 1.807) is 0 Å². The molecule has 0 spiro atoms. The lowest BCUT2D eigenvalue weighted by Crippen LogP contribution is -2.40. The zero-order chi connectivity index (χ0) is 17.3. The van der Waals surface area contributed by atoms with E-state index >= 15 is 0 Å². The average molecular weight is 334 g/mol. The van der Waals surface area contributed by atoms with Crippen molar-refractivity contribution in [2.45, 2.75) is 39.5 Å². The molecular formula is C16H26N6O2. The van der Waals surface area contributed by atoms with Gasteiger partial charge < -0.3 is 15.5 Å². The van der Waals surface area contributed by atoms with Crippen LogP contribution >= 0.6 is 0 Å². The van der Waals surface area contributed by atoms with Crippen molar-refractivity contribution in [2.24, 2.45) is 11.8 Å². The van der Waals surface area contributed by atoms with Gasteiger partial charge in [0.05, 0.1) is 4.92 Å². The molecule has 0 saturated carbocycles. The Morgan fingerprint density at radius 2 is 1.71 bits per heavy atom. The van der Waals surface area contributed by atoms with Gasteiger partial charge in [-0.25, -0.2) is 0 Å². The molecule has 24 heavy (non-hydrogen) atoms. The number of nitrogens with zero attached hydrogens (tertiary/aromatic N) is 5. The molecule has 2 saturated heterocycles. The normalized spacial score (nSPS) is 24.9. The van der Waals surface area contributed by atoms with Crippen molar-refractivity contribution in [3.63, 3.8) is 0 Å². The van der Waals surface area contributed by atoms with E-state index in [4.69, 9.17) is 5.73 Å². The highest BCUT2D eigenvalue weighted by molar-refractivity contribution is 5.71. The standard InChI is InChI=1S/C16H26N6O2/c1-11-8-12(2)10-21(9-11)15-13(22(23)24)14(17)18-16(19-15)20-6-4-3-5-7-20/h11-12H,3-10H2,1-2H3,(H2,17,18,19)/t11-,12-/m0/s1. The number of anilines is 3. The minimum atomic E-state index is -0.450. The van der Waals surface area contributed by atoms with E-state index in [1.165, 1.54) is 6.42 Å². The Morgan fingerprint density at radius 3 is 2.29 bits per heavy atom. The minimum absolute atomic E-state index is 0.0311. The largest absolute Gasteiger partial charge is 0.378 e. The Hall–Kier alpha value is -2.12. The number of nitrogens with two attached hydrogens (primary N) is 1. The third-order valence-corrected chi connectivity index (χ3v) is 4.87. The van der Waals surface area contributed by atoms with Crippen molar-refractivity contribution in [1.82, 2.24) is 9.97 Å². The van der Waals surface area contributed by atoms with Gasteiger partial charge in [-0.3, -0.25) is 10.1 Å². The van der Waals surface area contributed by atoms with Gasteiger partial charge in [0.25, 0.3) is 0 Å². The second-order valence-electron chi connectivity index (χ2n) is 7.24. The van der Waals surface area contributed by atoms with Crippen LogP contribution in [-0.4, -0.2) is 41.1 Å². The topological polar surface area (TPSA) is 101 Å². The summed E-state index contributed by atoms with van der Waals surface area (Å²) >= 11 is 0. The van der Waals surface area contributed by atoms with Crippen molar-refractivity contribution < 1.29 is 4.92 Å². The summed E-state index contributed by atoms with van der Waals surface area (Å²) in [5.74, 6) is 1.83. The summed E-state index contributed by atoms with van der Waals surface area (Å²) in [6.07, 6.45) is 4.51. The fourth-order valence-electron chi connectivity index (χ4n) is 3.91. The predicted molar refractivity (Wildman–Crippen MR) is 94.3 cm³/mol. The Balaban J connectivity index is 2.00. The lowest BCUT2D eigenvalue weighted by Gasteiger charge is -2.36. The first-order valence-corrected chi connectivity index (χ1v) is 8.77. The van der Waals surface area contributed by atoms with Crippen molar-refractivity contribution in [2.75, 3.05) is 41.7 Å². The van der Waals surface area contributed by atoms with E-state index in [-0.39, 0.29) is 11.5 Å².